The van der Waals surface area contributed by atoms with E-state index in [4.69, 9.17) is 9.72 Å². The molecule has 2 aromatic carbocycles. The third kappa shape index (κ3) is 6.98. The second kappa shape index (κ2) is 13.6. The lowest BCUT2D eigenvalue weighted by atomic mass is 9.97. The van der Waals surface area contributed by atoms with E-state index in [0.29, 0.717) is 6.04 Å². The molecule has 0 bridgehead atoms. The summed E-state index contributed by atoms with van der Waals surface area (Å²) in [5, 5.41) is 8.18. The lowest BCUT2D eigenvalue weighted by Gasteiger charge is -2.21. The molecule has 1 aliphatic rings. The minimum absolute atomic E-state index is 0.644. The number of para-hydroxylation sites is 1. The number of methoxy groups -OCH3 is 1. The zero-order valence-electron chi connectivity index (χ0n) is 21.8. The molecule has 1 saturated carbocycles. The number of benzene rings is 2. The fourth-order valence-corrected chi connectivity index (χ4v) is 6.56. The van der Waals surface area contributed by atoms with Crippen molar-refractivity contribution >= 4 is 57.0 Å². The number of imidazole rings is 1. The Hall–Kier alpha value is -2.37. The van der Waals surface area contributed by atoms with Crippen molar-refractivity contribution in [3.05, 3.63) is 58.4 Å². The van der Waals surface area contributed by atoms with E-state index < -0.39 is 0 Å². The van der Waals surface area contributed by atoms with Crippen LogP contribution in [0.5, 0.6) is 5.75 Å². The van der Waals surface area contributed by atoms with Crippen LogP contribution in [0.25, 0.3) is 11.2 Å². The highest BCUT2D eigenvalue weighted by atomic mass is 127. The standard InChI is InChI=1S/C29H35IN6OS/c1-37-23-15-16-24(30)25(19-23)38-29-35-26-27(34-22-13-8-5-9-14-22)32-20-33-28(26)36(29)18-10-17-31-21-11-6-3-2-4-7-12-21/h5,8-9,13-16,19-21,31H,2-4,6-7,10-12,17-18H2,1H3,(H,32,33,34). The van der Waals surface area contributed by atoms with Crippen molar-refractivity contribution in [1.29, 1.82) is 0 Å². The van der Waals surface area contributed by atoms with Crippen LogP contribution >= 0.6 is 34.4 Å². The van der Waals surface area contributed by atoms with Crippen LogP contribution in [0.15, 0.2) is 64.9 Å². The van der Waals surface area contributed by atoms with Gasteiger partial charge in [-0.2, -0.15) is 0 Å². The SMILES string of the molecule is COc1ccc(I)c(Sc2nc3c(Nc4ccccc4)ncnc3n2CCCNC2CCCCCCC2)c1. The van der Waals surface area contributed by atoms with E-state index in [1.54, 1.807) is 25.2 Å². The Labute approximate surface area is 242 Å². The Balaban J connectivity index is 1.39. The molecule has 0 unspecified atom stereocenters. The molecule has 0 saturated heterocycles. The molecule has 0 spiro atoms. The van der Waals surface area contributed by atoms with Crippen LogP contribution < -0.4 is 15.4 Å². The van der Waals surface area contributed by atoms with Gasteiger partial charge >= 0.3 is 0 Å². The summed E-state index contributed by atoms with van der Waals surface area (Å²) in [6.07, 6.45) is 12.1. The summed E-state index contributed by atoms with van der Waals surface area (Å²) in [6.45, 7) is 1.83. The van der Waals surface area contributed by atoms with Crippen LogP contribution in [0.4, 0.5) is 11.5 Å². The molecule has 2 aromatic heterocycles. The number of ether oxygens (including phenoxy) is 1. The highest BCUT2D eigenvalue weighted by Crippen LogP contribution is 2.36. The Morgan fingerprint density at radius 2 is 1.82 bits per heavy atom. The number of aryl methyl sites for hydroxylation is 1. The summed E-state index contributed by atoms with van der Waals surface area (Å²) in [5.41, 5.74) is 2.61. The van der Waals surface area contributed by atoms with E-state index in [1.807, 2.05) is 36.4 Å². The number of nitrogens with zero attached hydrogens (tertiary/aromatic N) is 4. The summed E-state index contributed by atoms with van der Waals surface area (Å²) < 4.78 is 8.89. The number of hydrogen-bond acceptors (Lipinski definition) is 7. The molecule has 1 aliphatic carbocycles. The summed E-state index contributed by atoms with van der Waals surface area (Å²) >= 11 is 4.02. The van der Waals surface area contributed by atoms with E-state index in [9.17, 15) is 0 Å². The molecular formula is C29H35IN6OS. The number of hydrogen-bond donors (Lipinski definition) is 2. The van der Waals surface area contributed by atoms with E-state index >= 15 is 0 Å². The second-order valence-electron chi connectivity index (χ2n) is 9.68. The molecule has 0 amide bonds. The summed E-state index contributed by atoms with van der Waals surface area (Å²) in [7, 11) is 1.70. The molecule has 0 atom stereocenters. The van der Waals surface area contributed by atoms with Crippen molar-refractivity contribution < 1.29 is 4.74 Å². The fraction of sp³-hybridized carbons (Fsp3) is 0.414. The third-order valence-corrected chi connectivity index (χ3v) is 9.33. The van der Waals surface area contributed by atoms with Crippen LogP contribution in [0.3, 0.4) is 0 Å². The van der Waals surface area contributed by atoms with Crippen LogP contribution in [0.2, 0.25) is 0 Å². The summed E-state index contributed by atoms with van der Waals surface area (Å²) in [4.78, 5) is 15.4. The van der Waals surface area contributed by atoms with Crippen LogP contribution in [0.1, 0.15) is 51.4 Å². The predicted molar refractivity (Wildman–Crippen MR) is 164 cm³/mol. The second-order valence-corrected chi connectivity index (χ2v) is 11.9. The first-order chi connectivity index (χ1) is 18.7. The Morgan fingerprint density at radius 3 is 2.61 bits per heavy atom. The van der Waals surface area contributed by atoms with Gasteiger partial charge in [-0.05, 0) is 78.7 Å². The molecule has 9 heteroatoms. The minimum atomic E-state index is 0.644. The largest absolute Gasteiger partial charge is 0.497 e. The maximum Gasteiger partial charge on any atom is 0.175 e. The highest BCUT2D eigenvalue weighted by molar-refractivity contribution is 14.1. The van der Waals surface area contributed by atoms with E-state index in [0.717, 1.165) is 61.6 Å². The lowest BCUT2D eigenvalue weighted by molar-refractivity contribution is 0.384. The highest BCUT2D eigenvalue weighted by Gasteiger charge is 2.19. The van der Waals surface area contributed by atoms with Crippen molar-refractivity contribution in [3.8, 4) is 5.75 Å². The van der Waals surface area contributed by atoms with Gasteiger partial charge in [0.05, 0.1) is 7.11 Å². The first-order valence-corrected chi connectivity index (χ1v) is 15.4. The molecule has 2 N–H and O–H groups in total. The number of rotatable bonds is 10. The van der Waals surface area contributed by atoms with Gasteiger partial charge in [0, 0.05) is 26.7 Å². The molecule has 5 rings (SSSR count). The van der Waals surface area contributed by atoms with Crippen LogP contribution in [0, 0.1) is 3.57 Å². The molecule has 7 nitrogen and oxygen atoms in total. The van der Waals surface area contributed by atoms with Crippen LogP contribution in [-0.2, 0) is 6.54 Å². The average Bonchev–Trinajstić information content (AvgIpc) is 3.27. The molecular weight excluding hydrogens is 607 g/mol. The molecule has 1 fully saturated rings. The molecule has 0 radical (unpaired) electrons. The Kier molecular flexibility index (Phi) is 9.75. The van der Waals surface area contributed by atoms with Gasteiger partial charge in [-0.25, -0.2) is 15.0 Å². The fourth-order valence-electron chi connectivity index (χ4n) is 4.94. The van der Waals surface area contributed by atoms with Crippen LogP contribution in [-0.4, -0.2) is 39.2 Å². The number of nitrogens with one attached hydrogen (secondary N) is 2. The van der Waals surface area contributed by atoms with E-state index in [-0.39, 0.29) is 0 Å². The van der Waals surface area contributed by atoms with E-state index in [1.165, 1.54) is 44.9 Å². The number of halogens is 1. The zero-order chi connectivity index (χ0) is 26.2. The van der Waals surface area contributed by atoms with Gasteiger partial charge in [0.1, 0.15) is 12.1 Å². The van der Waals surface area contributed by atoms with Crippen molar-refractivity contribution in [1.82, 2.24) is 24.8 Å². The first-order valence-electron chi connectivity index (χ1n) is 13.5. The molecule has 4 aromatic rings. The first kappa shape index (κ1) is 27.2. The van der Waals surface area contributed by atoms with E-state index in [2.05, 4.69) is 59.9 Å². The average molecular weight is 643 g/mol. The minimum Gasteiger partial charge on any atom is -0.497 e. The molecule has 200 valence electrons. The van der Waals surface area contributed by atoms with Crippen molar-refractivity contribution in [2.45, 2.75) is 74.0 Å². The smallest absolute Gasteiger partial charge is 0.175 e. The molecule has 2 heterocycles. The number of aromatic nitrogens is 4. The summed E-state index contributed by atoms with van der Waals surface area (Å²) in [6, 6.07) is 16.9. The third-order valence-electron chi connectivity index (χ3n) is 6.97. The van der Waals surface area contributed by atoms with Gasteiger partial charge < -0.3 is 19.9 Å². The summed E-state index contributed by atoms with van der Waals surface area (Å²) in [5.74, 6) is 1.56. The van der Waals surface area contributed by atoms with Gasteiger partial charge in [0.2, 0.25) is 0 Å². The van der Waals surface area contributed by atoms with Gasteiger partial charge in [-0.1, -0.05) is 62.1 Å². The number of anilines is 2. The van der Waals surface area contributed by atoms with Crippen molar-refractivity contribution in [2.75, 3.05) is 19.0 Å². The van der Waals surface area contributed by atoms with Crippen molar-refractivity contribution in [3.63, 3.8) is 0 Å². The Morgan fingerprint density at radius 1 is 1.03 bits per heavy atom. The van der Waals surface area contributed by atoms with Gasteiger partial charge in [0.15, 0.2) is 22.1 Å². The molecule has 0 aliphatic heterocycles. The monoisotopic (exact) mass is 642 g/mol. The zero-order valence-corrected chi connectivity index (χ0v) is 24.8. The normalized spacial score (nSPS) is 14.8. The maximum atomic E-state index is 5.49. The quantitative estimate of drug-likeness (QED) is 0.138. The lowest BCUT2D eigenvalue weighted by Crippen LogP contribution is -2.31. The number of fused-ring (bicyclic) bond motifs is 1. The van der Waals surface area contributed by atoms with Gasteiger partial charge in [-0.3, -0.25) is 0 Å². The molecule has 38 heavy (non-hydrogen) atoms. The predicted octanol–water partition coefficient (Wildman–Crippen LogP) is 7.43. The van der Waals surface area contributed by atoms with Gasteiger partial charge in [0.25, 0.3) is 0 Å². The van der Waals surface area contributed by atoms with Gasteiger partial charge in [-0.15, -0.1) is 0 Å². The Bertz CT molecular complexity index is 1320. The topological polar surface area (TPSA) is 76.9 Å². The maximum absolute atomic E-state index is 5.49. The van der Waals surface area contributed by atoms with Crippen molar-refractivity contribution in [2.24, 2.45) is 0 Å².